The first-order chi connectivity index (χ1) is 9.83. The second-order valence-corrected chi connectivity index (χ2v) is 7.38. The Labute approximate surface area is 131 Å². The second-order valence-electron chi connectivity index (χ2n) is 4.29. The van der Waals surface area contributed by atoms with Crippen molar-refractivity contribution in [3.05, 3.63) is 44.6 Å². The third-order valence-electron chi connectivity index (χ3n) is 2.69. The number of halogens is 2. The molecule has 0 bridgehead atoms. The molecule has 0 aliphatic heterocycles. The van der Waals surface area contributed by atoms with Crippen LogP contribution in [0.5, 0.6) is 0 Å². The number of thiazole rings is 1. The van der Waals surface area contributed by atoms with E-state index >= 15 is 0 Å². The fraction of sp³-hybridized carbons (Fsp3) is 0.250. The maximum atomic E-state index is 13.6. The van der Waals surface area contributed by atoms with Crippen LogP contribution >= 0.6 is 22.9 Å². The molecule has 0 radical (unpaired) electrons. The van der Waals surface area contributed by atoms with Crippen LogP contribution in [0.1, 0.15) is 16.3 Å². The van der Waals surface area contributed by atoms with Crippen LogP contribution in [-0.2, 0) is 23.1 Å². The molecule has 0 spiro atoms. The van der Waals surface area contributed by atoms with Gasteiger partial charge in [0.05, 0.1) is 16.5 Å². The molecule has 1 aromatic heterocycles. The molecule has 2 rings (SSSR count). The zero-order chi connectivity index (χ0) is 15.6. The van der Waals surface area contributed by atoms with Crippen molar-refractivity contribution in [2.45, 2.75) is 24.9 Å². The SMILES string of the molecule is Cc1csc(CNS(=O)(=O)c2cc(F)c(Cl)c(CN)c2)n1. The number of hydrogen-bond acceptors (Lipinski definition) is 5. The van der Waals surface area contributed by atoms with E-state index in [1.165, 1.54) is 17.4 Å². The molecule has 0 saturated heterocycles. The average Bonchev–Trinajstić information content (AvgIpc) is 2.85. The van der Waals surface area contributed by atoms with Crippen molar-refractivity contribution in [2.24, 2.45) is 5.73 Å². The smallest absolute Gasteiger partial charge is 0.241 e. The quantitative estimate of drug-likeness (QED) is 0.866. The van der Waals surface area contributed by atoms with Gasteiger partial charge in [0.1, 0.15) is 10.8 Å². The van der Waals surface area contributed by atoms with Gasteiger partial charge in [-0.05, 0) is 24.6 Å². The van der Waals surface area contributed by atoms with Crippen LogP contribution in [-0.4, -0.2) is 13.4 Å². The van der Waals surface area contributed by atoms with E-state index in [9.17, 15) is 12.8 Å². The summed E-state index contributed by atoms with van der Waals surface area (Å²) in [6.45, 7) is 1.81. The molecule has 5 nitrogen and oxygen atoms in total. The number of nitrogens with two attached hydrogens (primary N) is 1. The molecule has 0 atom stereocenters. The number of aryl methyl sites for hydroxylation is 1. The molecule has 0 unspecified atom stereocenters. The minimum Gasteiger partial charge on any atom is -0.326 e. The van der Waals surface area contributed by atoms with Crippen LogP contribution in [0.15, 0.2) is 22.4 Å². The first-order valence-electron chi connectivity index (χ1n) is 5.92. The van der Waals surface area contributed by atoms with Crippen molar-refractivity contribution < 1.29 is 12.8 Å². The third kappa shape index (κ3) is 3.78. The third-order valence-corrected chi connectivity index (χ3v) is 5.46. The van der Waals surface area contributed by atoms with Gasteiger partial charge in [0.2, 0.25) is 10.0 Å². The van der Waals surface area contributed by atoms with Gasteiger partial charge in [-0.1, -0.05) is 11.6 Å². The van der Waals surface area contributed by atoms with Gasteiger partial charge in [-0.25, -0.2) is 22.5 Å². The number of benzene rings is 1. The van der Waals surface area contributed by atoms with E-state index in [2.05, 4.69) is 9.71 Å². The number of nitrogens with one attached hydrogen (secondary N) is 1. The number of aromatic nitrogens is 1. The van der Waals surface area contributed by atoms with Gasteiger partial charge in [-0.3, -0.25) is 0 Å². The van der Waals surface area contributed by atoms with E-state index in [0.29, 0.717) is 5.01 Å². The first kappa shape index (κ1) is 16.3. The average molecular weight is 350 g/mol. The predicted octanol–water partition coefficient (Wildman–Crippen LogP) is 2.18. The van der Waals surface area contributed by atoms with Crippen LogP contribution < -0.4 is 10.5 Å². The highest BCUT2D eigenvalue weighted by Gasteiger charge is 2.19. The Bertz CT molecular complexity index is 762. The van der Waals surface area contributed by atoms with Gasteiger partial charge in [-0.2, -0.15) is 0 Å². The molecule has 1 heterocycles. The topological polar surface area (TPSA) is 85.1 Å². The van der Waals surface area contributed by atoms with Crippen molar-refractivity contribution >= 4 is 33.0 Å². The zero-order valence-electron chi connectivity index (χ0n) is 11.1. The van der Waals surface area contributed by atoms with E-state index < -0.39 is 15.8 Å². The Morgan fingerprint density at radius 1 is 1.48 bits per heavy atom. The maximum Gasteiger partial charge on any atom is 0.241 e. The van der Waals surface area contributed by atoms with Crippen molar-refractivity contribution in [2.75, 3.05) is 0 Å². The monoisotopic (exact) mass is 349 g/mol. The lowest BCUT2D eigenvalue weighted by Gasteiger charge is -2.09. The van der Waals surface area contributed by atoms with Crippen LogP contribution in [0.2, 0.25) is 5.02 Å². The Hall–Kier alpha value is -1.06. The summed E-state index contributed by atoms with van der Waals surface area (Å²) in [5.74, 6) is -0.815. The zero-order valence-corrected chi connectivity index (χ0v) is 13.4. The molecule has 114 valence electrons. The highest BCUT2D eigenvalue weighted by Crippen LogP contribution is 2.24. The molecule has 9 heteroatoms. The number of sulfonamides is 1. The lowest BCUT2D eigenvalue weighted by atomic mass is 10.2. The minimum absolute atomic E-state index is 0.0447. The van der Waals surface area contributed by atoms with E-state index in [1.807, 2.05) is 12.3 Å². The second kappa shape index (κ2) is 6.37. The molecular formula is C12H13ClFN3O2S2. The molecule has 0 fully saturated rings. The van der Waals surface area contributed by atoms with Crippen molar-refractivity contribution in [1.82, 2.24) is 9.71 Å². The fourth-order valence-electron chi connectivity index (χ4n) is 1.65. The van der Waals surface area contributed by atoms with E-state index in [-0.39, 0.29) is 28.6 Å². The van der Waals surface area contributed by atoms with Crippen LogP contribution in [0, 0.1) is 12.7 Å². The van der Waals surface area contributed by atoms with E-state index in [1.54, 1.807) is 0 Å². The lowest BCUT2D eigenvalue weighted by Crippen LogP contribution is -2.23. The van der Waals surface area contributed by atoms with Gasteiger partial charge >= 0.3 is 0 Å². The number of rotatable bonds is 5. The summed E-state index contributed by atoms with van der Waals surface area (Å²) in [7, 11) is -3.86. The summed E-state index contributed by atoms with van der Waals surface area (Å²) >= 11 is 7.06. The van der Waals surface area contributed by atoms with Gasteiger partial charge in [0, 0.05) is 17.6 Å². The first-order valence-corrected chi connectivity index (χ1v) is 8.66. The van der Waals surface area contributed by atoms with Crippen LogP contribution in [0.4, 0.5) is 4.39 Å². The molecule has 21 heavy (non-hydrogen) atoms. The molecule has 2 aromatic rings. The summed E-state index contributed by atoms with van der Waals surface area (Å²) in [5.41, 5.74) is 6.48. The minimum atomic E-state index is -3.86. The largest absolute Gasteiger partial charge is 0.326 e. The van der Waals surface area contributed by atoms with Crippen LogP contribution in [0.3, 0.4) is 0 Å². The van der Waals surface area contributed by atoms with Gasteiger partial charge in [0.15, 0.2) is 0 Å². The molecular weight excluding hydrogens is 337 g/mol. The van der Waals surface area contributed by atoms with E-state index in [0.717, 1.165) is 11.8 Å². The molecule has 0 aliphatic carbocycles. The molecule has 0 amide bonds. The normalized spacial score (nSPS) is 11.8. The Kier molecular flexibility index (Phi) is 4.95. The maximum absolute atomic E-state index is 13.6. The van der Waals surface area contributed by atoms with Crippen molar-refractivity contribution in [3.8, 4) is 0 Å². The standard InChI is InChI=1S/C12H13ClFN3O2S2/c1-7-6-20-11(17-7)5-16-21(18,19)9-2-8(4-15)12(13)10(14)3-9/h2-3,6,16H,4-5,15H2,1H3. The summed E-state index contributed by atoms with van der Waals surface area (Å²) in [6, 6.07) is 2.14. The highest BCUT2D eigenvalue weighted by molar-refractivity contribution is 7.89. The van der Waals surface area contributed by atoms with Crippen molar-refractivity contribution in [1.29, 1.82) is 0 Å². The molecule has 0 saturated carbocycles. The summed E-state index contributed by atoms with van der Waals surface area (Å²) < 4.78 is 40.3. The molecule has 0 aliphatic rings. The fourth-order valence-corrected chi connectivity index (χ4v) is 3.68. The van der Waals surface area contributed by atoms with E-state index in [4.69, 9.17) is 17.3 Å². The molecule has 1 aromatic carbocycles. The Balaban J connectivity index is 2.25. The summed E-state index contributed by atoms with van der Waals surface area (Å²) in [6.07, 6.45) is 0. The van der Waals surface area contributed by atoms with Gasteiger partial charge < -0.3 is 5.73 Å². The summed E-state index contributed by atoms with van der Waals surface area (Å²) in [4.78, 5) is 3.94. The Morgan fingerprint density at radius 2 is 2.19 bits per heavy atom. The summed E-state index contributed by atoms with van der Waals surface area (Å²) in [5, 5.41) is 2.29. The lowest BCUT2D eigenvalue weighted by molar-refractivity contribution is 0.576. The predicted molar refractivity (Wildman–Crippen MR) is 80.2 cm³/mol. The van der Waals surface area contributed by atoms with Crippen molar-refractivity contribution in [3.63, 3.8) is 0 Å². The van der Waals surface area contributed by atoms with Gasteiger partial charge in [0.25, 0.3) is 0 Å². The Morgan fingerprint density at radius 3 is 2.76 bits per heavy atom. The highest BCUT2D eigenvalue weighted by atomic mass is 35.5. The van der Waals surface area contributed by atoms with Gasteiger partial charge in [-0.15, -0.1) is 11.3 Å². The molecule has 3 N–H and O–H groups in total. The van der Waals surface area contributed by atoms with Crippen LogP contribution in [0.25, 0.3) is 0 Å². The number of hydrogen-bond donors (Lipinski definition) is 2. The number of nitrogens with zero attached hydrogens (tertiary/aromatic N) is 1.